The summed E-state index contributed by atoms with van der Waals surface area (Å²) in [6, 6.07) is -0.392. The number of hydrogen-bond donors (Lipinski definition) is 2. The van der Waals surface area contributed by atoms with Crippen LogP contribution in [0.25, 0.3) is 0 Å². The summed E-state index contributed by atoms with van der Waals surface area (Å²) >= 11 is 0. The van der Waals surface area contributed by atoms with Crippen molar-refractivity contribution in [3.05, 3.63) is 0 Å². The maximum Gasteiger partial charge on any atom is 0.312 e. The molecular weight excluding hydrogens is 346 g/mol. The SMILES string of the molecule is O=C(COC(=O)C12C[C@H]3C[C@@H](CC(O)(C3)C1)C2)N[C@H]1CCS(=O)(=O)C1. The fourth-order valence-corrected chi connectivity index (χ4v) is 7.59. The molecule has 4 saturated carbocycles. The molecule has 4 bridgehead atoms. The van der Waals surface area contributed by atoms with Gasteiger partial charge < -0.3 is 15.2 Å². The van der Waals surface area contributed by atoms with E-state index in [2.05, 4.69) is 5.32 Å². The molecular formula is C17H25NO6S. The standard InChI is InChI=1S/C17H25NO6S/c19-14(18-13-1-2-25(22,23)9-13)8-24-15(20)16-4-11-3-12(5-16)7-17(21,6-11)10-16/h11-13,21H,1-10H2,(H,18,19)/t11-,12-,13+,16?,17?/m1/s1. The summed E-state index contributed by atoms with van der Waals surface area (Å²) in [7, 11) is -3.06. The molecule has 0 aromatic rings. The Kier molecular flexibility index (Phi) is 3.92. The number of amides is 1. The van der Waals surface area contributed by atoms with Crippen molar-refractivity contribution in [3.8, 4) is 0 Å². The summed E-state index contributed by atoms with van der Waals surface area (Å²) in [6.07, 6.45) is 4.95. The normalized spacial score (nSPS) is 43.8. The molecule has 2 N–H and O–H groups in total. The van der Waals surface area contributed by atoms with E-state index in [4.69, 9.17) is 4.74 Å². The molecule has 5 aliphatic rings. The first-order valence-corrected chi connectivity index (χ1v) is 10.9. The molecule has 1 heterocycles. The molecule has 25 heavy (non-hydrogen) atoms. The first kappa shape index (κ1) is 17.3. The van der Waals surface area contributed by atoms with Crippen molar-refractivity contribution >= 4 is 21.7 Å². The average molecular weight is 371 g/mol. The van der Waals surface area contributed by atoms with E-state index < -0.39 is 32.8 Å². The predicted molar refractivity (Wildman–Crippen MR) is 88.2 cm³/mol. The molecule has 1 aliphatic heterocycles. The summed E-state index contributed by atoms with van der Waals surface area (Å²) in [6.45, 7) is -0.384. The molecule has 1 saturated heterocycles. The van der Waals surface area contributed by atoms with E-state index in [-0.39, 0.29) is 24.1 Å². The fraction of sp³-hybridized carbons (Fsp3) is 0.882. The van der Waals surface area contributed by atoms with Crippen LogP contribution >= 0.6 is 0 Å². The topological polar surface area (TPSA) is 110 Å². The van der Waals surface area contributed by atoms with Gasteiger partial charge in [0.25, 0.3) is 5.91 Å². The second-order valence-electron chi connectivity index (χ2n) is 8.71. The third-order valence-corrected chi connectivity index (χ3v) is 8.16. The van der Waals surface area contributed by atoms with Crippen LogP contribution in [0.1, 0.15) is 44.9 Å². The number of carbonyl (C=O) groups is 2. The molecule has 7 nitrogen and oxygen atoms in total. The van der Waals surface area contributed by atoms with Crippen molar-refractivity contribution in [1.29, 1.82) is 0 Å². The highest BCUT2D eigenvalue weighted by Gasteiger charge is 2.60. The number of rotatable bonds is 4. The molecule has 5 rings (SSSR count). The summed E-state index contributed by atoms with van der Waals surface area (Å²) in [5.41, 5.74) is -1.39. The summed E-state index contributed by atoms with van der Waals surface area (Å²) in [5.74, 6) is -0.0596. The Labute approximate surface area is 147 Å². The second kappa shape index (κ2) is 5.67. The first-order chi connectivity index (χ1) is 11.7. The summed E-state index contributed by atoms with van der Waals surface area (Å²) in [5, 5.41) is 13.3. The molecule has 0 aromatic heterocycles. The van der Waals surface area contributed by atoms with Crippen molar-refractivity contribution in [1.82, 2.24) is 5.32 Å². The first-order valence-electron chi connectivity index (χ1n) is 9.06. The molecule has 0 radical (unpaired) electrons. The van der Waals surface area contributed by atoms with E-state index in [1.165, 1.54) is 0 Å². The van der Waals surface area contributed by atoms with Crippen LogP contribution in [0.2, 0.25) is 0 Å². The Morgan fingerprint density at radius 3 is 2.40 bits per heavy atom. The highest BCUT2D eigenvalue weighted by molar-refractivity contribution is 7.91. The minimum Gasteiger partial charge on any atom is -0.455 e. The molecule has 3 atom stereocenters. The Balaban J connectivity index is 1.33. The van der Waals surface area contributed by atoms with Crippen LogP contribution in [0.5, 0.6) is 0 Å². The number of sulfone groups is 1. The van der Waals surface area contributed by atoms with E-state index >= 15 is 0 Å². The lowest BCUT2D eigenvalue weighted by molar-refractivity contribution is -0.196. The van der Waals surface area contributed by atoms with Crippen LogP contribution in [-0.4, -0.2) is 55.2 Å². The van der Waals surface area contributed by atoms with Gasteiger partial charge >= 0.3 is 5.97 Å². The van der Waals surface area contributed by atoms with Crippen molar-refractivity contribution in [2.75, 3.05) is 18.1 Å². The number of esters is 1. The summed E-state index contributed by atoms with van der Waals surface area (Å²) < 4.78 is 28.1. The monoisotopic (exact) mass is 371 g/mol. The minimum absolute atomic E-state index is 0.0486. The lowest BCUT2D eigenvalue weighted by atomic mass is 9.48. The molecule has 0 spiro atoms. The van der Waals surface area contributed by atoms with Gasteiger partial charge in [0, 0.05) is 6.04 Å². The lowest BCUT2D eigenvalue weighted by Crippen LogP contribution is -2.58. The van der Waals surface area contributed by atoms with Gasteiger partial charge in [-0.25, -0.2) is 8.42 Å². The van der Waals surface area contributed by atoms with E-state index in [0.717, 1.165) is 32.1 Å². The maximum absolute atomic E-state index is 12.7. The highest BCUT2D eigenvalue weighted by Crippen LogP contribution is 2.61. The van der Waals surface area contributed by atoms with E-state index in [9.17, 15) is 23.1 Å². The van der Waals surface area contributed by atoms with Gasteiger partial charge in [-0.05, 0) is 56.8 Å². The van der Waals surface area contributed by atoms with E-state index in [0.29, 0.717) is 24.7 Å². The molecule has 4 aliphatic carbocycles. The number of hydrogen-bond acceptors (Lipinski definition) is 6. The number of ether oxygens (including phenoxy) is 1. The van der Waals surface area contributed by atoms with Crippen LogP contribution in [0, 0.1) is 17.3 Å². The van der Waals surface area contributed by atoms with Gasteiger partial charge in [0.1, 0.15) is 0 Å². The quantitative estimate of drug-likeness (QED) is 0.682. The predicted octanol–water partition coefficient (Wildman–Crippen LogP) is 0.164. The average Bonchev–Trinajstić information content (AvgIpc) is 2.81. The van der Waals surface area contributed by atoms with E-state index in [1.54, 1.807) is 0 Å². The highest BCUT2D eigenvalue weighted by atomic mass is 32.2. The molecule has 0 aromatic carbocycles. The zero-order valence-corrected chi connectivity index (χ0v) is 15.0. The van der Waals surface area contributed by atoms with Crippen molar-refractivity contribution < 1.29 is 27.9 Å². The minimum atomic E-state index is -3.06. The van der Waals surface area contributed by atoms with Gasteiger partial charge in [-0.3, -0.25) is 9.59 Å². The number of aliphatic hydroxyl groups is 1. The Morgan fingerprint density at radius 1 is 1.16 bits per heavy atom. The van der Waals surface area contributed by atoms with Gasteiger partial charge in [0.05, 0.1) is 22.5 Å². The molecule has 5 fully saturated rings. The molecule has 0 unspecified atom stereocenters. The van der Waals surface area contributed by atoms with Gasteiger partial charge in [-0.15, -0.1) is 0 Å². The fourth-order valence-electron chi connectivity index (χ4n) is 5.92. The van der Waals surface area contributed by atoms with Crippen LogP contribution < -0.4 is 5.32 Å². The largest absolute Gasteiger partial charge is 0.455 e. The Bertz CT molecular complexity index is 688. The zero-order chi connectivity index (χ0) is 17.9. The second-order valence-corrected chi connectivity index (χ2v) is 10.9. The smallest absolute Gasteiger partial charge is 0.312 e. The van der Waals surface area contributed by atoms with Crippen LogP contribution in [0.3, 0.4) is 0 Å². The van der Waals surface area contributed by atoms with Crippen LogP contribution in [0.4, 0.5) is 0 Å². The zero-order valence-electron chi connectivity index (χ0n) is 14.2. The Morgan fingerprint density at radius 2 is 1.84 bits per heavy atom. The third-order valence-electron chi connectivity index (χ3n) is 6.40. The molecule has 8 heteroatoms. The maximum atomic E-state index is 12.7. The van der Waals surface area contributed by atoms with Crippen LogP contribution in [0.15, 0.2) is 0 Å². The van der Waals surface area contributed by atoms with E-state index in [1.807, 2.05) is 0 Å². The molecule has 1 amide bonds. The number of nitrogens with one attached hydrogen (secondary N) is 1. The number of carbonyl (C=O) groups excluding carboxylic acids is 2. The van der Waals surface area contributed by atoms with Gasteiger partial charge in [-0.2, -0.15) is 0 Å². The van der Waals surface area contributed by atoms with Gasteiger partial charge in [0.2, 0.25) is 0 Å². The van der Waals surface area contributed by atoms with Crippen LogP contribution in [-0.2, 0) is 24.2 Å². The Hall–Kier alpha value is -1.15. The summed E-state index contributed by atoms with van der Waals surface area (Å²) in [4.78, 5) is 24.6. The lowest BCUT2D eigenvalue weighted by Gasteiger charge is -2.58. The van der Waals surface area contributed by atoms with Crippen molar-refractivity contribution in [2.24, 2.45) is 17.3 Å². The van der Waals surface area contributed by atoms with Gasteiger partial charge in [-0.1, -0.05) is 0 Å². The van der Waals surface area contributed by atoms with Gasteiger partial charge in [0.15, 0.2) is 16.4 Å². The van der Waals surface area contributed by atoms with Crippen molar-refractivity contribution in [3.63, 3.8) is 0 Å². The third kappa shape index (κ3) is 3.30. The molecule has 140 valence electrons. The van der Waals surface area contributed by atoms with Crippen molar-refractivity contribution in [2.45, 2.75) is 56.6 Å².